The first-order valence-electron chi connectivity index (χ1n) is 8.39. The van der Waals surface area contributed by atoms with Crippen LogP contribution in [-0.2, 0) is 22.7 Å². The lowest BCUT2D eigenvalue weighted by Crippen LogP contribution is -2.35. The smallest absolute Gasteiger partial charge is 0.452 e. The number of likely N-dealkylation sites (N-methyl/N-ethyl adjacent to an activating group) is 1. The summed E-state index contributed by atoms with van der Waals surface area (Å²) in [5.41, 5.74) is -0.0744. The number of alkyl halides is 3. The molecule has 0 spiro atoms. The molecule has 0 aromatic carbocycles. The maximum Gasteiger partial charge on any atom is 0.452 e. The molecule has 0 amide bonds. The second kappa shape index (κ2) is 8.30. The van der Waals surface area contributed by atoms with Crippen molar-refractivity contribution >= 4 is 21.4 Å². The third-order valence-electron chi connectivity index (χ3n) is 3.93. The van der Waals surface area contributed by atoms with Gasteiger partial charge < -0.3 is 13.8 Å². The van der Waals surface area contributed by atoms with Crippen molar-refractivity contribution in [2.24, 2.45) is 0 Å². The van der Waals surface area contributed by atoms with Crippen LogP contribution in [0.1, 0.15) is 11.5 Å². The number of hydrogen-bond acceptors (Lipinski definition) is 7. The van der Waals surface area contributed by atoms with Crippen LogP contribution >= 0.6 is 11.3 Å². The fourth-order valence-electron chi connectivity index (χ4n) is 2.42. The number of thiophene rings is 1. The number of nitrogens with zero attached hydrogens (tertiary/aromatic N) is 3. The van der Waals surface area contributed by atoms with E-state index in [0.29, 0.717) is 12.3 Å². The predicted molar refractivity (Wildman–Crippen MR) is 99.7 cm³/mol. The molecule has 0 aliphatic carbocycles. The zero-order valence-corrected chi connectivity index (χ0v) is 17.1. The average Bonchev–Trinajstić information content (AvgIpc) is 3.38. The van der Waals surface area contributed by atoms with Crippen LogP contribution in [0.25, 0.3) is 10.6 Å². The highest BCUT2D eigenvalue weighted by Crippen LogP contribution is 2.36. The quantitative estimate of drug-likeness (QED) is 0.521. The molecule has 0 bridgehead atoms. The van der Waals surface area contributed by atoms with Crippen LogP contribution in [0.3, 0.4) is 0 Å². The molecule has 0 atom stereocenters. The minimum atomic E-state index is -4.66. The lowest BCUT2D eigenvalue weighted by molar-refractivity contribution is -0.155. The predicted octanol–water partition coefficient (Wildman–Crippen LogP) is 3.77. The van der Waals surface area contributed by atoms with Crippen molar-refractivity contribution in [3.8, 4) is 10.6 Å². The van der Waals surface area contributed by atoms with Gasteiger partial charge in [0.05, 0.1) is 17.7 Å². The van der Waals surface area contributed by atoms with Crippen LogP contribution in [0.5, 0.6) is 0 Å². The van der Waals surface area contributed by atoms with Gasteiger partial charge in [0.15, 0.2) is 0 Å². The topological polar surface area (TPSA) is 79.8 Å². The van der Waals surface area contributed by atoms with E-state index in [2.05, 4.69) is 9.68 Å². The molecule has 0 saturated heterocycles. The van der Waals surface area contributed by atoms with Gasteiger partial charge in [-0.3, -0.25) is 0 Å². The Balaban J connectivity index is 1.87. The van der Waals surface area contributed by atoms with Gasteiger partial charge >= 0.3 is 6.18 Å². The Morgan fingerprint density at radius 3 is 2.52 bits per heavy atom. The van der Waals surface area contributed by atoms with Gasteiger partial charge in [-0.2, -0.15) is 17.5 Å². The summed E-state index contributed by atoms with van der Waals surface area (Å²) in [7, 11) is -0.251. The molecule has 3 aromatic heterocycles. The van der Waals surface area contributed by atoms with Gasteiger partial charge in [-0.15, -0.1) is 11.3 Å². The minimum absolute atomic E-state index is 0.00521. The summed E-state index contributed by atoms with van der Waals surface area (Å²) in [6.07, 6.45) is -3.21. The van der Waals surface area contributed by atoms with Crippen LogP contribution in [0.15, 0.2) is 49.7 Å². The average molecular weight is 449 g/mol. The fourth-order valence-corrected chi connectivity index (χ4v) is 5.23. The molecule has 0 aliphatic rings. The molecule has 0 saturated carbocycles. The zero-order valence-electron chi connectivity index (χ0n) is 15.5. The van der Waals surface area contributed by atoms with Gasteiger partial charge in [0.25, 0.3) is 10.0 Å². The van der Waals surface area contributed by atoms with E-state index in [4.69, 9.17) is 4.42 Å². The molecule has 0 unspecified atom stereocenters. The molecule has 3 aromatic rings. The van der Waals surface area contributed by atoms with Crippen molar-refractivity contribution in [3.63, 3.8) is 0 Å². The number of halogens is 3. The van der Waals surface area contributed by atoms with Crippen LogP contribution in [-0.4, -0.2) is 50.0 Å². The normalized spacial score (nSPS) is 12.9. The first-order chi connectivity index (χ1) is 13.6. The van der Waals surface area contributed by atoms with Crippen molar-refractivity contribution in [3.05, 3.63) is 48.1 Å². The first kappa shape index (κ1) is 21.6. The van der Waals surface area contributed by atoms with E-state index in [-0.39, 0.29) is 27.9 Å². The molecule has 3 rings (SSSR count). The summed E-state index contributed by atoms with van der Waals surface area (Å²) >= 11 is 0.828. The lowest BCUT2D eigenvalue weighted by Gasteiger charge is -2.22. The molecule has 0 radical (unpaired) electrons. The van der Waals surface area contributed by atoms with Gasteiger partial charge in [-0.05, 0) is 38.4 Å². The Morgan fingerprint density at radius 1 is 1.17 bits per heavy atom. The molecule has 12 heteroatoms. The SMILES string of the molecule is CN(C)CCN(Cc1ccco1)S(=O)(=O)c1ccc(-c2cc(C(F)(F)F)on2)s1. The highest BCUT2D eigenvalue weighted by molar-refractivity contribution is 7.91. The summed E-state index contributed by atoms with van der Waals surface area (Å²) in [6.45, 7) is 0.737. The van der Waals surface area contributed by atoms with Gasteiger partial charge in [0.1, 0.15) is 15.7 Å². The Bertz CT molecular complexity index is 1040. The van der Waals surface area contributed by atoms with E-state index < -0.39 is 22.0 Å². The molecule has 0 aliphatic heterocycles. The number of sulfonamides is 1. The summed E-state index contributed by atoms with van der Waals surface area (Å²) < 4.78 is 75.2. The maximum absolute atomic E-state index is 13.1. The van der Waals surface area contributed by atoms with E-state index >= 15 is 0 Å². The monoisotopic (exact) mass is 449 g/mol. The number of aromatic nitrogens is 1. The van der Waals surface area contributed by atoms with Crippen LogP contribution in [0, 0.1) is 0 Å². The fraction of sp³-hybridized carbons (Fsp3) is 0.353. The van der Waals surface area contributed by atoms with E-state index in [1.165, 1.54) is 22.7 Å². The van der Waals surface area contributed by atoms with Gasteiger partial charge in [0, 0.05) is 19.2 Å². The van der Waals surface area contributed by atoms with E-state index in [1.807, 2.05) is 19.0 Å². The largest absolute Gasteiger partial charge is 0.468 e. The second-order valence-corrected chi connectivity index (χ2v) is 9.66. The highest BCUT2D eigenvalue weighted by atomic mass is 32.2. The number of furan rings is 1. The Morgan fingerprint density at radius 2 is 1.93 bits per heavy atom. The number of rotatable bonds is 8. The molecule has 7 nitrogen and oxygen atoms in total. The molecule has 29 heavy (non-hydrogen) atoms. The van der Waals surface area contributed by atoms with Crippen molar-refractivity contribution in [1.82, 2.24) is 14.4 Å². The van der Waals surface area contributed by atoms with Crippen molar-refractivity contribution in [2.75, 3.05) is 27.2 Å². The molecular formula is C17H18F3N3O4S2. The van der Waals surface area contributed by atoms with Crippen molar-refractivity contribution in [1.29, 1.82) is 0 Å². The summed E-state index contributed by atoms with van der Waals surface area (Å²) in [6, 6.07) is 6.84. The standard InChI is InChI=1S/C17H18F3N3O4S2/c1-22(2)7-8-23(11-12-4-3-9-26-12)29(24,25)16-6-5-14(28-16)13-10-15(27-21-13)17(18,19)20/h3-6,9-10H,7-8,11H2,1-2H3. The molecule has 0 N–H and O–H groups in total. The van der Waals surface area contributed by atoms with Gasteiger partial charge in [-0.1, -0.05) is 5.16 Å². The van der Waals surface area contributed by atoms with Crippen LogP contribution < -0.4 is 0 Å². The summed E-state index contributed by atoms with van der Waals surface area (Å²) in [5.74, 6) is -0.758. The van der Waals surface area contributed by atoms with E-state index in [0.717, 1.165) is 17.4 Å². The third-order valence-corrected chi connectivity index (χ3v) is 7.35. The maximum atomic E-state index is 13.1. The van der Waals surface area contributed by atoms with Crippen molar-refractivity contribution in [2.45, 2.75) is 16.9 Å². The molecule has 0 fully saturated rings. The molecule has 3 heterocycles. The zero-order chi connectivity index (χ0) is 21.2. The van der Waals surface area contributed by atoms with Gasteiger partial charge in [0.2, 0.25) is 5.76 Å². The second-order valence-electron chi connectivity index (χ2n) is 6.41. The highest BCUT2D eigenvalue weighted by Gasteiger charge is 2.36. The van der Waals surface area contributed by atoms with Crippen molar-refractivity contribution < 1.29 is 30.5 Å². The lowest BCUT2D eigenvalue weighted by atomic mass is 10.3. The molecule has 158 valence electrons. The molecular weight excluding hydrogens is 431 g/mol. The minimum Gasteiger partial charge on any atom is -0.468 e. The van der Waals surface area contributed by atoms with E-state index in [9.17, 15) is 21.6 Å². The van der Waals surface area contributed by atoms with Crippen LogP contribution in [0.2, 0.25) is 0 Å². The third kappa shape index (κ3) is 5.07. The Labute approximate surface area is 169 Å². The van der Waals surface area contributed by atoms with E-state index in [1.54, 1.807) is 12.1 Å². The van der Waals surface area contributed by atoms with Crippen LogP contribution in [0.4, 0.5) is 13.2 Å². The van der Waals surface area contributed by atoms with Gasteiger partial charge in [-0.25, -0.2) is 8.42 Å². The summed E-state index contributed by atoms with van der Waals surface area (Å²) in [4.78, 5) is 2.10. The Kier molecular flexibility index (Phi) is 6.17. The first-order valence-corrected chi connectivity index (χ1v) is 10.6. The summed E-state index contributed by atoms with van der Waals surface area (Å²) in [5, 5.41) is 3.40. The Hall–Kier alpha value is -2.15. The number of hydrogen-bond donors (Lipinski definition) is 0.